The largest absolute Gasteiger partial charge is 0.490 e. The molecule has 1 amide bonds. The second-order valence-corrected chi connectivity index (χ2v) is 5.72. The second-order valence-electron chi connectivity index (χ2n) is 4.86. The van der Waals surface area contributed by atoms with E-state index in [1.54, 1.807) is 42.7 Å². The molecule has 24 heavy (non-hydrogen) atoms. The molecule has 0 saturated heterocycles. The molecule has 0 spiro atoms. The van der Waals surface area contributed by atoms with Crippen molar-refractivity contribution in [1.29, 1.82) is 0 Å². The minimum Gasteiger partial charge on any atom is -0.490 e. The number of carbonyl (C=O) groups is 1. The molecule has 1 N–H and O–H groups in total. The molecule has 120 valence electrons. The van der Waals surface area contributed by atoms with Gasteiger partial charge in [0.25, 0.3) is 5.91 Å². The quantitative estimate of drug-likeness (QED) is 0.690. The van der Waals surface area contributed by atoms with Crippen LogP contribution in [0.25, 0.3) is 11.3 Å². The lowest BCUT2D eigenvalue weighted by Gasteiger charge is -2.05. The van der Waals surface area contributed by atoms with Crippen LogP contribution in [-0.2, 0) is 0 Å². The Hall–Kier alpha value is -2.99. The van der Waals surface area contributed by atoms with E-state index in [1.165, 1.54) is 11.3 Å². The first-order valence-corrected chi connectivity index (χ1v) is 8.15. The Morgan fingerprint density at radius 3 is 2.83 bits per heavy atom. The number of ether oxygens (including phenoxy) is 1. The van der Waals surface area contributed by atoms with Crippen molar-refractivity contribution in [2.75, 3.05) is 11.9 Å². The van der Waals surface area contributed by atoms with Gasteiger partial charge < -0.3 is 4.74 Å². The van der Waals surface area contributed by atoms with Gasteiger partial charge in [-0.3, -0.25) is 15.1 Å². The highest BCUT2D eigenvalue weighted by atomic mass is 32.1. The average Bonchev–Trinajstić information content (AvgIpc) is 3.09. The molecule has 0 saturated carbocycles. The number of anilines is 1. The van der Waals surface area contributed by atoms with Gasteiger partial charge in [0, 0.05) is 28.9 Å². The minimum absolute atomic E-state index is 0.211. The molecular weight excluding hydrogens is 322 g/mol. The van der Waals surface area contributed by atoms with E-state index in [0.29, 0.717) is 23.1 Å². The standard InChI is InChI=1S/C18H15N3O2S/c1-2-10-23-15-7-5-13(6-8-15)17(22)21-18-20-16(12-24-18)14-4-3-9-19-11-14/h2-9,11-12H,1,10H2,(H,20,21,22). The Morgan fingerprint density at radius 2 is 2.12 bits per heavy atom. The lowest BCUT2D eigenvalue weighted by Crippen LogP contribution is -2.11. The van der Waals surface area contributed by atoms with Crippen molar-refractivity contribution in [1.82, 2.24) is 9.97 Å². The molecule has 0 radical (unpaired) electrons. The van der Waals surface area contributed by atoms with Crippen LogP contribution in [0.4, 0.5) is 5.13 Å². The second kappa shape index (κ2) is 7.52. The average molecular weight is 337 g/mol. The number of rotatable bonds is 6. The van der Waals surface area contributed by atoms with Gasteiger partial charge in [0.2, 0.25) is 0 Å². The number of hydrogen-bond donors (Lipinski definition) is 1. The van der Waals surface area contributed by atoms with E-state index in [4.69, 9.17) is 4.74 Å². The first kappa shape index (κ1) is 15.9. The third kappa shape index (κ3) is 3.85. The van der Waals surface area contributed by atoms with Crippen molar-refractivity contribution < 1.29 is 9.53 Å². The summed E-state index contributed by atoms with van der Waals surface area (Å²) in [4.78, 5) is 20.8. The summed E-state index contributed by atoms with van der Waals surface area (Å²) in [6, 6.07) is 10.7. The summed E-state index contributed by atoms with van der Waals surface area (Å²) in [5.74, 6) is 0.483. The zero-order valence-corrected chi connectivity index (χ0v) is 13.6. The molecule has 3 aromatic rings. The van der Waals surface area contributed by atoms with Gasteiger partial charge in [0.15, 0.2) is 5.13 Å². The van der Waals surface area contributed by atoms with Crippen LogP contribution in [0, 0.1) is 0 Å². The molecule has 0 atom stereocenters. The lowest BCUT2D eigenvalue weighted by molar-refractivity contribution is 0.102. The maximum absolute atomic E-state index is 12.3. The van der Waals surface area contributed by atoms with Crippen LogP contribution < -0.4 is 10.1 Å². The van der Waals surface area contributed by atoms with Gasteiger partial charge in [0.05, 0.1) is 5.69 Å². The molecule has 6 heteroatoms. The molecular formula is C18H15N3O2S. The Bertz CT molecular complexity index is 829. The number of pyridine rings is 1. The van der Waals surface area contributed by atoms with E-state index < -0.39 is 0 Å². The number of aromatic nitrogens is 2. The Labute approximate surface area is 143 Å². The number of hydrogen-bond acceptors (Lipinski definition) is 5. The van der Waals surface area contributed by atoms with Crippen LogP contribution in [0.5, 0.6) is 5.75 Å². The van der Waals surface area contributed by atoms with E-state index >= 15 is 0 Å². The van der Waals surface area contributed by atoms with Gasteiger partial charge in [-0.2, -0.15) is 0 Å². The van der Waals surface area contributed by atoms with Gasteiger partial charge in [-0.05, 0) is 36.4 Å². The SMILES string of the molecule is C=CCOc1ccc(C(=O)Nc2nc(-c3cccnc3)cs2)cc1. The highest BCUT2D eigenvalue weighted by molar-refractivity contribution is 7.14. The molecule has 2 aromatic heterocycles. The van der Waals surface area contributed by atoms with Crippen LogP contribution in [0.3, 0.4) is 0 Å². The van der Waals surface area contributed by atoms with Crippen molar-refractivity contribution in [2.24, 2.45) is 0 Å². The zero-order valence-electron chi connectivity index (χ0n) is 12.8. The zero-order chi connectivity index (χ0) is 16.8. The fraction of sp³-hybridized carbons (Fsp3) is 0.0556. The minimum atomic E-state index is -0.211. The number of nitrogens with one attached hydrogen (secondary N) is 1. The number of amides is 1. The molecule has 3 rings (SSSR count). The predicted octanol–water partition coefficient (Wildman–Crippen LogP) is 4.02. The maximum Gasteiger partial charge on any atom is 0.257 e. The summed E-state index contributed by atoms with van der Waals surface area (Å²) in [7, 11) is 0. The van der Waals surface area contributed by atoms with Gasteiger partial charge in [-0.25, -0.2) is 4.98 Å². The number of nitrogens with zero attached hydrogens (tertiary/aromatic N) is 2. The van der Waals surface area contributed by atoms with Crippen LogP contribution in [0.2, 0.25) is 0 Å². The van der Waals surface area contributed by atoms with Crippen LogP contribution in [-0.4, -0.2) is 22.5 Å². The summed E-state index contributed by atoms with van der Waals surface area (Å²) in [6.07, 6.45) is 5.12. The van der Waals surface area contributed by atoms with Gasteiger partial charge >= 0.3 is 0 Å². The Balaban J connectivity index is 1.66. The van der Waals surface area contributed by atoms with Gasteiger partial charge in [-0.1, -0.05) is 12.7 Å². The monoisotopic (exact) mass is 337 g/mol. The molecule has 2 heterocycles. The summed E-state index contributed by atoms with van der Waals surface area (Å²) in [5, 5.41) is 5.24. The first-order chi connectivity index (χ1) is 11.8. The predicted molar refractivity (Wildman–Crippen MR) is 95.4 cm³/mol. The van der Waals surface area contributed by atoms with Gasteiger partial charge in [0.1, 0.15) is 12.4 Å². The number of thiazole rings is 1. The number of carbonyl (C=O) groups excluding carboxylic acids is 1. The molecule has 0 aliphatic carbocycles. The third-order valence-corrected chi connectivity index (χ3v) is 3.92. The molecule has 1 aromatic carbocycles. The van der Waals surface area contributed by atoms with Gasteiger partial charge in [-0.15, -0.1) is 11.3 Å². The van der Waals surface area contributed by atoms with Crippen LogP contribution in [0.15, 0.2) is 66.8 Å². The normalized spacial score (nSPS) is 10.2. The van der Waals surface area contributed by atoms with Crippen molar-refractivity contribution in [3.05, 3.63) is 72.4 Å². The molecule has 0 aliphatic heterocycles. The van der Waals surface area contributed by atoms with Crippen LogP contribution >= 0.6 is 11.3 Å². The van der Waals surface area contributed by atoms with Crippen LogP contribution in [0.1, 0.15) is 10.4 Å². The fourth-order valence-corrected chi connectivity index (χ4v) is 2.72. The third-order valence-electron chi connectivity index (χ3n) is 3.17. The van der Waals surface area contributed by atoms with Crippen molar-refractivity contribution >= 4 is 22.4 Å². The fourth-order valence-electron chi connectivity index (χ4n) is 2.00. The highest BCUT2D eigenvalue weighted by Crippen LogP contribution is 2.24. The molecule has 5 nitrogen and oxygen atoms in total. The smallest absolute Gasteiger partial charge is 0.257 e. The molecule has 0 bridgehead atoms. The Kier molecular flexibility index (Phi) is 4.98. The summed E-state index contributed by atoms with van der Waals surface area (Å²) < 4.78 is 5.39. The summed E-state index contributed by atoms with van der Waals surface area (Å²) >= 11 is 1.38. The summed E-state index contributed by atoms with van der Waals surface area (Å²) in [6.45, 7) is 4.03. The molecule has 0 aliphatic rings. The molecule has 0 unspecified atom stereocenters. The summed E-state index contributed by atoms with van der Waals surface area (Å²) in [5.41, 5.74) is 2.24. The number of benzene rings is 1. The lowest BCUT2D eigenvalue weighted by atomic mass is 10.2. The van der Waals surface area contributed by atoms with E-state index in [-0.39, 0.29) is 5.91 Å². The van der Waals surface area contributed by atoms with Crippen molar-refractivity contribution in [2.45, 2.75) is 0 Å². The van der Waals surface area contributed by atoms with Crippen molar-refractivity contribution in [3.8, 4) is 17.0 Å². The Morgan fingerprint density at radius 1 is 1.29 bits per heavy atom. The first-order valence-electron chi connectivity index (χ1n) is 7.27. The highest BCUT2D eigenvalue weighted by Gasteiger charge is 2.10. The topological polar surface area (TPSA) is 64.1 Å². The van der Waals surface area contributed by atoms with E-state index in [0.717, 1.165) is 11.3 Å². The van der Waals surface area contributed by atoms with E-state index in [1.807, 2.05) is 17.5 Å². The maximum atomic E-state index is 12.3. The van der Waals surface area contributed by atoms with Crippen molar-refractivity contribution in [3.63, 3.8) is 0 Å². The van der Waals surface area contributed by atoms with E-state index in [9.17, 15) is 4.79 Å². The molecule has 0 fully saturated rings. The van der Waals surface area contributed by atoms with E-state index in [2.05, 4.69) is 21.9 Å².